The van der Waals surface area contributed by atoms with Gasteiger partial charge in [0.1, 0.15) is 6.26 Å². The number of hydrogen-bond acceptors (Lipinski definition) is 4. The zero-order chi connectivity index (χ0) is 8.10. The zero-order valence-corrected chi connectivity index (χ0v) is 6.24. The highest BCUT2D eigenvalue weighted by Crippen LogP contribution is 1.93. The minimum Gasteiger partial charge on any atom is -0.364 e. The van der Waals surface area contributed by atoms with Gasteiger partial charge in [-0.2, -0.15) is 5.26 Å². The topological polar surface area (TPSA) is 61.9 Å². The monoisotopic (exact) mass is 151 g/mol. The number of nitrogens with one attached hydrogen (secondary N) is 1. The van der Waals surface area contributed by atoms with Crippen molar-refractivity contribution in [1.82, 2.24) is 10.5 Å². The quantitative estimate of drug-likeness (QED) is 0.689. The van der Waals surface area contributed by atoms with E-state index in [1.54, 1.807) is 13.0 Å². The summed E-state index contributed by atoms with van der Waals surface area (Å²) >= 11 is 0. The van der Waals surface area contributed by atoms with Crippen LogP contribution in [0.1, 0.15) is 12.6 Å². The summed E-state index contributed by atoms with van der Waals surface area (Å²) in [6, 6.07) is 3.67. The molecule has 0 saturated heterocycles. The first kappa shape index (κ1) is 7.76. The van der Waals surface area contributed by atoms with Gasteiger partial charge in [0.25, 0.3) is 0 Å². The summed E-state index contributed by atoms with van der Waals surface area (Å²) in [4.78, 5) is 0. The molecule has 0 aliphatic heterocycles. The molecule has 0 radical (unpaired) electrons. The highest BCUT2D eigenvalue weighted by Gasteiger charge is 1.99. The van der Waals surface area contributed by atoms with Crippen molar-refractivity contribution in [3.63, 3.8) is 0 Å². The molecule has 11 heavy (non-hydrogen) atoms. The summed E-state index contributed by atoms with van der Waals surface area (Å²) in [5.41, 5.74) is 0.812. The molecular weight excluding hydrogens is 142 g/mol. The Balaban J connectivity index is 2.30. The summed E-state index contributed by atoms with van der Waals surface area (Å²) < 4.78 is 4.61. The Morgan fingerprint density at radius 1 is 1.91 bits per heavy atom. The molecule has 0 aliphatic rings. The van der Waals surface area contributed by atoms with E-state index in [2.05, 4.69) is 21.1 Å². The molecule has 1 heterocycles. The molecular formula is C7H9N3O. The Hall–Kier alpha value is -1.34. The minimum atomic E-state index is -0.147. The molecule has 1 aromatic rings. The van der Waals surface area contributed by atoms with E-state index in [0.717, 1.165) is 5.69 Å². The van der Waals surface area contributed by atoms with Crippen LogP contribution in [0.4, 0.5) is 0 Å². The van der Waals surface area contributed by atoms with Crippen molar-refractivity contribution in [3.05, 3.63) is 18.0 Å². The first-order chi connectivity index (χ1) is 5.33. The van der Waals surface area contributed by atoms with Gasteiger partial charge in [-0.25, -0.2) is 0 Å². The fraction of sp³-hybridized carbons (Fsp3) is 0.429. The summed E-state index contributed by atoms with van der Waals surface area (Å²) in [5.74, 6) is 0. The lowest BCUT2D eigenvalue weighted by molar-refractivity contribution is 0.408. The number of nitrogens with zero attached hydrogens (tertiary/aromatic N) is 2. The van der Waals surface area contributed by atoms with E-state index in [1.807, 2.05) is 0 Å². The summed E-state index contributed by atoms with van der Waals surface area (Å²) in [6.45, 7) is 2.37. The van der Waals surface area contributed by atoms with E-state index in [4.69, 9.17) is 5.26 Å². The zero-order valence-electron chi connectivity index (χ0n) is 6.24. The molecule has 0 spiro atoms. The van der Waals surface area contributed by atoms with Crippen LogP contribution in [-0.4, -0.2) is 11.2 Å². The smallest absolute Gasteiger partial charge is 0.124 e. The van der Waals surface area contributed by atoms with Gasteiger partial charge in [0.2, 0.25) is 0 Å². The Labute approximate surface area is 64.8 Å². The van der Waals surface area contributed by atoms with E-state index in [9.17, 15) is 0 Å². The molecule has 0 saturated carbocycles. The molecule has 1 unspecified atom stereocenters. The fourth-order valence-electron chi connectivity index (χ4n) is 0.632. The molecule has 1 aromatic heterocycles. The van der Waals surface area contributed by atoms with Crippen LogP contribution >= 0.6 is 0 Å². The maximum absolute atomic E-state index is 8.41. The lowest BCUT2D eigenvalue weighted by atomic mass is 10.3. The van der Waals surface area contributed by atoms with E-state index in [1.165, 1.54) is 6.26 Å². The Morgan fingerprint density at radius 3 is 3.27 bits per heavy atom. The van der Waals surface area contributed by atoms with Gasteiger partial charge in [0, 0.05) is 12.6 Å². The number of rotatable bonds is 3. The SMILES string of the molecule is CC(C#N)NCc1ccon1. The molecule has 58 valence electrons. The maximum Gasteiger partial charge on any atom is 0.124 e. The Morgan fingerprint density at radius 2 is 2.73 bits per heavy atom. The van der Waals surface area contributed by atoms with Crippen LogP contribution in [0.3, 0.4) is 0 Å². The predicted molar refractivity (Wildman–Crippen MR) is 38.4 cm³/mol. The van der Waals surface area contributed by atoms with Gasteiger partial charge in [0.15, 0.2) is 0 Å². The van der Waals surface area contributed by atoms with Crippen molar-refractivity contribution in [3.8, 4) is 6.07 Å². The molecule has 0 amide bonds. The highest BCUT2D eigenvalue weighted by atomic mass is 16.5. The fourth-order valence-corrected chi connectivity index (χ4v) is 0.632. The molecule has 4 heteroatoms. The van der Waals surface area contributed by atoms with Crippen molar-refractivity contribution in [1.29, 1.82) is 5.26 Å². The van der Waals surface area contributed by atoms with Gasteiger partial charge in [-0.05, 0) is 6.92 Å². The molecule has 0 bridgehead atoms. The third kappa shape index (κ3) is 2.40. The first-order valence-electron chi connectivity index (χ1n) is 3.35. The Kier molecular flexibility index (Phi) is 2.64. The molecule has 0 aromatic carbocycles. The van der Waals surface area contributed by atoms with Gasteiger partial charge in [-0.3, -0.25) is 5.32 Å². The second kappa shape index (κ2) is 3.74. The summed E-state index contributed by atoms with van der Waals surface area (Å²) in [7, 11) is 0. The average Bonchev–Trinajstić information content (AvgIpc) is 2.52. The number of aromatic nitrogens is 1. The van der Waals surface area contributed by atoms with E-state index >= 15 is 0 Å². The van der Waals surface area contributed by atoms with Crippen LogP contribution in [0.15, 0.2) is 16.9 Å². The van der Waals surface area contributed by atoms with Crippen molar-refractivity contribution in [2.45, 2.75) is 19.5 Å². The van der Waals surface area contributed by atoms with Crippen LogP contribution in [0.25, 0.3) is 0 Å². The van der Waals surface area contributed by atoms with Crippen molar-refractivity contribution < 1.29 is 4.52 Å². The van der Waals surface area contributed by atoms with Gasteiger partial charge >= 0.3 is 0 Å². The molecule has 4 nitrogen and oxygen atoms in total. The van der Waals surface area contributed by atoms with Gasteiger partial charge < -0.3 is 4.52 Å². The normalized spacial score (nSPS) is 12.4. The maximum atomic E-state index is 8.41. The highest BCUT2D eigenvalue weighted by molar-refractivity contribution is 4.96. The lowest BCUT2D eigenvalue weighted by Gasteiger charge is -2.01. The number of nitriles is 1. The molecule has 1 rings (SSSR count). The van der Waals surface area contributed by atoms with Crippen molar-refractivity contribution >= 4 is 0 Å². The Bertz CT molecular complexity index is 237. The van der Waals surface area contributed by atoms with Crippen LogP contribution in [0.5, 0.6) is 0 Å². The van der Waals surface area contributed by atoms with Crippen LogP contribution in [0.2, 0.25) is 0 Å². The predicted octanol–water partition coefficient (Wildman–Crippen LogP) is 0.676. The largest absolute Gasteiger partial charge is 0.364 e. The molecule has 0 aliphatic carbocycles. The third-order valence-electron chi connectivity index (χ3n) is 1.27. The second-order valence-corrected chi connectivity index (χ2v) is 2.22. The summed E-state index contributed by atoms with van der Waals surface area (Å²) in [5, 5.41) is 15.0. The van der Waals surface area contributed by atoms with Crippen LogP contribution < -0.4 is 5.32 Å². The van der Waals surface area contributed by atoms with Gasteiger partial charge in [-0.15, -0.1) is 0 Å². The average molecular weight is 151 g/mol. The first-order valence-corrected chi connectivity index (χ1v) is 3.35. The van der Waals surface area contributed by atoms with E-state index in [0.29, 0.717) is 6.54 Å². The minimum absolute atomic E-state index is 0.147. The summed E-state index contributed by atoms with van der Waals surface area (Å²) in [6.07, 6.45) is 1.51. The van der Waals surface area contributed by atoms with Gasteiger partial charge in [-0.1, -0.05) is 5.16 Å². The van der Waals surface area contributed by atoms with Crippen LogP contribution in [0, 0.1) is 11.3 Å². The molecule has 0 fully saturated rings. The van der Waals surface area contributed by atoms with Crippen LogP contribution in [-0.2, 0) is 6.54 Å². The molecule has 1 N–H and O–H groups in total. The third-order valence-corrected chi connectivity index (χ3v) is 1.27. The standard InChI is InChI=1S/C7H9N3O/c1-6(4-8)9-5-7-2-3-11-10-7/h2-3,6,9H,5H2,1H3. The van der Waals surface area contributed by atoms with Gasteiger partial charge in [0.05, 0.1) is 17.8 Å². The van der Waals surface area contributed by atoms with Crippen molar-refractivity contribution in [2.24, 2.45) is 0 Å². The van der Waals surface area contributed by atoms with E-state index in [-0.39, 0.29) is 6.04 Å². The van der Waals surface area contributed by atoms with E-state index < -0.39 is 0 Å². The van der Waals surface area contributed by atoms with Crippen molar-refractivity contribution in [2.75, 3.05) is 0 Å². The lowest BCUT2D eigenvalue weighted by Crippen LogP contribution is -2.23. The second-order valence-electron chi connectivity index (χ2n) is 2.22. The number of hydrogen-bond donors (Lipinski definition) is 1. The molecule has 1 atom stereocenters.